The summed E-state index contributed by atoms with van der Waals surface area (Å²) in [4.78, 5) is 25.1. The van der Waals surface area contributed by atoms with Gasteiger partial charge < -0.3 is 5.32 Å². The third kappa shape index (κ3) is 5.10. The summed E-state index contributed by atoms with van der Waals surface area (Å²) in [5, 5.41) is 2.79. The Morgan fingerprint density at radius 3 is 2.33 bits per heavy atom. The molecule has 0 spiro atoms. The average Bonchev–Trinajstić information content (AvgIpc) is 2.28. The summed E-state index contributed by atoms with van der Waals surface area (Å²) < 4.78 is 0. The van der Waals surface area contributed by atoms with E-state index in [4.69, 9.17) is 0 Å². The Bertz CT molecular complexity index is 402. The lowest BCUT2D eigenvalue weighted by Gasteiger charge is -2.16. The molecule has 1 rings (SSSR count). The molecule has 0 aliphatic heterocycles. The normalized spacial score (nSPS) is 10.7. The maximum Gasteiger partial charge on any atom is 0.234 e. The fourth-order valence-electron chi connectivity index (χ4n) is 1.63. The van der Waals surface area contributed by atoms with Crippen LogP contribution in [0.1, 0.15) is 24.2 Å². The van der Waals surface area contributed by atoms with Crippen LogP contribution in [0.25, 0.3) is 0 Å². The van der Waals surface area contributed by atoms with Gasteiger partial charge in [0.05, 0.1) is 13.1 Å². The third-order valence-corrected chi connectivity index (χ3v) is 2.37. The van der Waals surface area contributed by atoms with Gasteiger partial charge in [0.1, 0.15) is 0 Å². The first kappa shape index (κ1) is 14.4. The van der Waals surface area contributed by atoms with Gasteiger partial charge in [-0.2, -0.15) is 0 Å². The number of amides is 1. The van der Waals surface area contributed by atoms with Crippen LogP contribution in [0.5, 0.6) is 0 Å². The number of carbonyl (C=O) groups excluding carboxylic acids is 2. The summed E-state index contributed by atoms with van der Waals surface area (Å²) in [6.45, 7) is 4.30. The molecular weight excluding hydrogens is 228 g/mol. The summed E-state index contributed by atoms with van der Waals surface area (Å²) in [7, 11) is 1.76. The SMILES string of the molecule is CC(C)NC(=O)CN(C)CC(=O)c1ccccc1. The quantitative estimate of drug-likeness (QED) is 0.773. The van der Waals surface area contributed by atoms with Gasteiger partial charge >= 0.3 is 0 Å². The van der Waals surface area contributed by atoms with E-state index >= 15 is 0 Å². The van der Waals surface area contributed by atoms with Gasteiger partial charge in [0.15, 0.2) is 5.78 Å². The van der Waals surface area contributed by atoms with Crippen molar-refractivity contribution in [3.8, 4) is 0 Å². The largest absolute Gasteiger partial charge is 0.353 e. The topological polar surface area (TPSA) is 49.4 Å². The van der Waals surface area contributed by atoms with E-state index in [1.54, 1.807) is 24.1 Å². The highest BCUT2D eigenvalue weighted by molar-refractivity contribution is 5.97. The monoisotopic (exact) mass is 248 g/mol. The summed E-state index contributed by atoms with van der Waals surface area (Å²) in [6.07, 6.45) is 0. The molecule has 0 atom stereocenters. The number of nitrogens with one attached hydrogen (secondary N) is 1. The van der Waals surface area contributed by atoms with Crippen molar-refractivity contribution in [1.29, 1.82) is 0 Å². The van der Waals surface area contributed by atoms with Crippen LogP contribution >= 0.6 is 0 Å². The van der Waals surface area contributed by atoms with E-state index in [1.807, 2.05) is 32.0 Å². The lowest BCUT2D eigenvalue weighted by atomic mass is 10.1. The molecule has 1 aromatic rings. The van der Waals surface area contributed by atoms with Crippen molar-refractivity contribution in [3.05, 3.63) is 35.9 Å². The van der Waals surface area contributed by atoms with Gasteiger partial charge in [-0.05, 0) is 20.9 Å². The highest BCUT2D eigenvalue weighted by atomic mass is 16.2. The first-order chi connectivity index (χ1) is 8.49. The van der Waals surface area contributed by atoms with E-state index in [9.17, 15) is 9.59 Å². The van der Waals surface area contributed by atoms with E-state index in [0.29, 0.717) is 5.56 Å². The Balaban J connectivity index is 2.43. The maximum atomic E-state index is 11.9. The van der Waals surface area contributed by atoms with Crippen molar-refractivity contribution in [3.63, 3.8) is 0 Å². The second kappa shape index (κ2) is 6.91. The van der Waals surface area contributed by atoms with Crippen LogP contribution in [0.4, 0.5) is 0 Å². The molecule has 0 fully saturated rings. The zero-order valence-electron chi connectivity index (χ0n) is 11.1. The molecule has 0 saturated carbocycles. The zero-order valence-corrected chi connectivity index (χ0v) is 11.1. The molecule has 18 heavy (non-hydrogen) atoms. The highest BCUT2D eigenvalue weighted by Gasteiger charge is 2.12. The standard InChI is InChI=1S/C14H20N2O2/c1-11(2)15-14(18)10-16(3)9-13(17)12-7-5-4-6-8-12/h4-8,11H,9-10H2,1-3H3,(H,15,18). The molecule has 0 radical (unpaired) electrons. The van der Waals surface area contributed by atoms with E-state index in [1.165, 1.54) is 0 Å². The molecule has 0 aliphatic rings. The number of benzene rings is 1. The zero-order chi connectivity index (χ0) is 13.5. The molecule has 4 nitrogen and oxygen atoms in total. The van der Waals surface area contributed by atoms with Gasteiger partial charge in [-0.25, -0.2) is 0 Å². The molecule has 0 saturated heterocycles. The van der Waals surface area contributed by atoms with Gasteiger partial charge in [-0.3, -0.25) is 14.5 Å². The van der Waals surface area contributed by atoms with Crippen molar-refractivity contribution >= 4 is 11.7 Å². The molecule has 1 aromatic carbocycles. The fraction of sp³-hybridized carbons (Fsp3) is 0.429. The highest BCUT2D eigenvalue weighted by Crippen LogP contribution is 2.00. The van der Waals surface area contributed by atoms with E-state index < -0.39 is 0 Å². The van der Waals surface area contributed by atoms with Crippen LogP contribution in [-0.2, 0) is 4.79 Å². The Morgan fingerprint density at radius 2 is 1.78 bits per heavy atom. The van der Waals surface area contributed by atoms with Crippen molar-refractivity contribution in [2.24, 2.45) is 0 Å². The van der Waals surface area contributed by atoms with Crippen LogP contribution < -0.4 is 5.32 Å². The van der Waals surface area contributed by atoms with Crippen LogP contribution in [0.3, 0.4) is 0 Å². The first-order valence-electron chi connectivity index (χ1n) is 6.05. The molecule has 0 bridgehead atoms. The molecule has 0 unspecified atom stereocenters. The second-order valence-corrected chi connectivity index (χ2v) is 4.68. The van der Waals surface area contributed by atoms with Gasteiger partial charge in [0.2, 0.25) is 5.91 Å². The van der Waals surface area contributed by atoms with Crippen LogP contribution in [-0.4, -0.2) is 42.8 Å². The average molecular weight is 248 g/mol. The molecular formula is C14H20N2O2. The fourth-order valence-corrected chi connectivity index (χ4v) is 1.63. The van der Waals surface area contributed by atoms with E-state index in [-0.39, 0.29) is 30.8 Å². The number of carbonyl (C=O) groups is 2. The predicted octanol–water partition coefficient (Wildman–Crippen LogP) is 1.33. The molecule has 0 aromatic heterocycles. The van der Waals surface area contributed by atoms with Crippen LogP contribution in [0, 0.1) is 0 Å². The number of hydrogen-bond donors (Lipinski definition) is 1. The molecule has 1 amide bonds. The Labute approximate surface area is 108 Å². The van der Waals surface area contributed by atoms with E-state index in [2.05, 4.69) is 5.32 Å². The van der Waals surface area contributed by atoms with Gasteiger partial charge in [-0.15, -0.1) is 0 Å². The van der Waals surface area contributed by atoms with Crippen LogP contribution in [0.15, 0.2) is 30.3 Å². The number of ketones is 1. The summed E-state index contributed by atoms with van der Waals surface area (Å²) >= 11 is 0. The Kier molecular flexibility index (Phi) is 5.52. The molecule has 1 N–H and O–H groups in total. The minimum atomic E-state index is -0.0617. The van der Waals surface area contributed by atoms with Crippen molar-refractivity contribution in [2.75, 3.05) is 20.1 Å². The van der Waals surface area contributed by atoms with Gasteiger partial charge in [-0.1, -0.05) is 30.3 Å². The molecule has 4 heteroatoms. The smallest absolute Gasteiger partial charge is 0.234 e. The van der Waals surface area contributed by atoms with Gasteiger partial charge in [0, 0.05) is 11.6 Å². The first-order valence-corrected chi connectivity index (χ1v) is 6.05. The third-order valence-electron chi connectivity index (χ3n) is 2.37. The summed E-state index contributed by atoms with van der Waals surface area (Å²) in [5.74, 6) is -0.0381. The molecule has 0 heterocycles. The van der Waals surface area contributed by atoms with Gasteiger partial charge in [0.25, 0.3) is 0 Å². The predicted molar refractivity (Wildman–Crippen MR) is 71.5 cm³/mol. The summed E-state index contributed by atoms with van der Waals surface area (Å²) in [5.41, 5.74) is 0.675. The minimum absolute atomic E-state index is 0.0236. The Morgan fingerprint density at radius 1 is 1.17 bits per heavy atom. The number of Topliss-reactive ketones (excluding diaryl/α,β-unsaturated/α-hetero) is 1. The molecule has 98 valence electrons. The van der Waals surface area contributed by atoms with Crippen LogP contribution in [0.2, 0.25) is 0 Å². The van der Waals surface area contributed by atoms with E-state index in [0.717, 1.165) is 0 Å². The van der Waals surface area contributed by atoms with Crippen molar-refractivity contribution in [2.45, 2.75) is 19.9 Å². The molecule has 0 aliphatic carbocycles. The minimum Gasteiger partial charge on any atom is -0.353 e. The van der Waals surface area contributed by atoms with Crippen molar-refractivity contribution in [1.82, 2.24) is 10.2 Å². The second-order valence-electron chi connectivity index (χ2n) is 4.68. The number of nitrogens with zero attached hydrogens (tertiary/aromatic N) is 1. The number of hydrogen-bond acceptors (Lipinski definition) is 3. The number of likely N-dealkylation sites (N-methyl/N-ethyl adjacent to an activating group) is 1. The summed E-state index contributed by atoms with van der Waals surface area (Å²) in [6, 6.07) is 9.22. The number of rotatable bonds is 6. The van der Waals surface area contributed by atoms with Crippen molar-refractivity contribution < 1.29 is 9.59 Å². The lowest BCUT2D eigenvalue weighted by Crippen LogP contribution is -2.40. The lowest BCUT2D eigenvalue weighted by molar-refractivity contribution is -0.122. The maximum absolute atomic E-state index is 11.9. The Hall–Kier alpha value is -1.68.